The van der Waals surface area contributed by atoms with E-state index in [2.05, 4.69) is 15.9 Å². The summed E-state index contributed by atoms with van der Waals surface area (Å²) in [7, 11) is 2.97. The van der Waals surface area contributed by atoms with Gasteiger partial charge in [0.25, 0.3) is 0 Å². The largest absolute Gasteiger partial charge is 0.493 e. The second-order valence-electron chi connectivity index (χ2n) is 5.99. The summed E-state index contributed by atoms with van der Waals surface area (Å²) in [5, 5.41) is 0. The molecule has 1 saturated heterocycles. The van der Waals surface area contributed by atoms with Crippen molar-refractivity contribution in [2.24, 2.45) is 11.8 Å². The highest BCUT2D eigenvalue weighted by molar-refractivity contribution is 9.10. The Bertz CT molecular complexity index is 829. The van der Waals surface area contributed by atoms with Crippen LogP contribution in [0.3, 0.4) is 0 Å². The van der Waals surface area contributed by atoms with Gasteiger partial charge in [-0.1, -0.05) is 28.1 Å². The fourth-order valence-electron chi connectivity index (χ4n) is 3.95. The topological polar surface area (TPSA) is 78.9 Å². The molecule has 124 valence electrons. The number of benzene rings is 1. The molecule has 4 atom stereocenters. The van der Waals surface area contributed by atoms with Crippen LogP contribution >= 0.6 is 15.9 Å². The molecule has 4 unspecified atom stereocenters. The standard InChI is InChI=1S/C17H13BrO6/c1-22-9-4-3-8-10(13(9)23-2)7-5-6-17(18,14(8)19)12-11(7)15(20)24-16(12)21/h3-7,11-12H,1-2H3. The molecular formula is C17H13BrO6. The number of ether oxygens (including phenoxy) is 3. The van der Waals surface area contributed by atoms with Gasteiger partial charge in [0, 0.05) is 17.0 Å². The van der Waals surface area contributed by atoms with Crippen LogP contribution in [0.25, 0.3) is 0 Å². The highest BCUT2D eigenvalue weighted by Gasteiger charge is 2.64. The third kappa shape index (κ3) is 1.68. The van der Waals surface area contributed by atoms with Crippen LogP contribution in [0.2, 0.25) is 0 Å². The Balaban J connectivity index is 2.06. The van der Waals surface area contributed by atoms with E-state index in [-0.39, 0.29) is 5.78 Å². The molecule has 0 amide bonds. The van der Waals surface area contributed by atoms with Crippen molar-refractivity contribution in [2.75, 3.05) is 14.2 Å². The molecule has 0 spiro atoms. The van der Waals surface area contributed by atoms with Gasteiger partial charge in [-0.25, -0.2) is 0 Å². The molecule has 24 heavy (non-hydrogen) atoms. The smallest absolute Gasteiger partial charge is 0.319 e. The zero-order chi connectivity index (χ0) is 17.2. The lowest BCUT2D eigenvalue weighted by Crippen LogP contribution is -2.45. The molecule has 0 radical (unpaired) electrons. The molecule has 2 bridgehead atoms. The number of allylic oxidation sites excluding steroid dienone is 2. The predicted octanol–water partition coefficient (Wildman–Crippen LogP) is 2.00. The normalized spacial score (nSPS) is 33.0. The number of carbonyl (C=O) groups excluding carboxylic acids is 3. The molecule has 1 aliphatic heterocycles. The molecule has 0 aromatic heterocycles. The van der Waals surface area contributed by atoms with Crippen molar-refractivity contribution in [3.05, 3.63) is 35.4 Å². The van der Waals surface area contributed by atoms with E-state index in [4.69, 9.17) is 14.2 Å². The second-order valence-corrected chi connectivity index (χ2v) is 7.30. The molecule has 1 aromatic carbocycles. The minimum Gasteiger partial charge on any atom is -0.493 e. The van der Waals surface area contributed by atoms with Crippen LogP contribution in [0.15, 0.2) is 24.3 Å². The van der Waals surface area contributed by atoms with E-state index in [0.717, 1.165) is 0 Å². The molecule has 5 rings (SSSR count). The number of esters is 2. The molecule has 3 aliphatic carbocycles. The van der Waals surface area contributed by atoms with Gasteiger partial charge in [0.15, 0.2) is 17.3 Å². The highest BCUT2D eigenvalue weighted by Crippen LogP contribution is 2.57. The number of rotatable bonds is 2. The summed E-state index contributed by atoms with van der Waals surface area (Å²) in [4.78, 5) is 37.7. The first-order valence-corrected chi connectivity index (χ1v) is 8.16. The van der Waals surface area contributed by atoms with Gasteiger partial charge in [-0.05, 0) is 12.1 Å². The van der Waals surface area contributed by atoms with E-state index >= 15 is 0 Å². The van der Waals surface area contributed by atoms with E-state index in [9.17, 15) is 14.4 Å². The average Bonchev–Trinajstić information content (AvgIpc) is 2.79. The van der Waals surface area contributed by atoms with Crippen molar-refractivity contribution in [1.29, 1.82) is 0 Å². The maximum atomic E-state index is 13.2. The number of carbonyl (C=O) groups is 3. The molecule has 0 saturated carbocycles. The van der Waals surface area contributed by atoms with E-state index in [0.29, 0.717) is 22.6 Å². The Labute approximate surface area is 145 Å². The number of alkyl halides is 1. The van der Waals surface area contributed by atoms with Crippen LogP contribution in [0.5, 0.6) is 11.5 Å². The number of halogens is 1. The lowest BCUT2D eigenvalue weighted by molar-refractivity contribution is -0.153. The summed E-state index contributed by atoms with van der Waals surface area (Å²) in [6.45, 7) is 0. The third-order valence-corrected chi connectivity index (χ3v) is 6.10. The lowest BCUT2D eigenvalue weighted by atomic mass is 9.71. The number of methoxy groups -OCH3 is 2. The van der Waals surface area contributed by atoms with Crippen molar-refractivity contribution in [3.8, 4) is 11.5 Å². The highest BCUT2D eigenvalue weighted by atomic mass is 79.9. The summed E-state index contributed by atoms with van der Waals surface area (Å²) in [6.07, 6.45) is 3.41. The predicted molar refractivity (Wildman–Crippen MR) is 85.5 cm³/mol. The number of Topliss-reactive ketones (excluding diaryl/α,β-unsaturated/α-hetero) is 1. The van der Waals surface area contributed by atoms with Gasteiger partial charge in [0.2, 0.25) is 0 Å². The summed E-state index contributed by atoms with van der Waals surface area (Å²) in [5.74, 6) is -2.90. The van der Waals surface area contributed by atoms with Crippen molar-refractivity contribution in [2.45, 2.75) is 10.2 Å². The molecule has 6 nitrogen and oxygen atoms in total. The van der Waals surface area contributed by atoms with Gasteiger partial charge in [0.05, 0.1) is 26.1 Å². The first-order valence-electron chi connectivity index (χ1n) is 7.37. The zero-order valence-electron chi connectivity index (χ0n) is 12.9. The first-order chi connectivity index (χ1) is 11.4. The molecule has 0 N–H and O–H groups in total. The van der Waals surface area contributed by atoms with Crippen molar-refractivity contribution in [3.63, 3.8) is 0 Å². The number of cyclic esters (lactones) is 2. The maximum absolute atomic E-state index is 13.2. The van der Waals surface area contributed by atoms with Gasteiger partial charge < -0.3 is 14.2 Å². The minimum atomic E-state index is -1.29. The minimum absolute atomic E-state index is 0.295. The molecule has 4 aliphatic rings. The van der Waals surface area contributed by atoms with E-state index < -0.39 is 34.0 Å². The first kappa shape index (κ1) is 15.4. The Morgan fingerprint density at radius 1 is 1.12 bits per heavy atom. The average molecular weight is 393 g/mol. The van der Waals surface area contributed by atoms with Gasteiger partial charge in [0.1, 0.15) is 4.32 Å². The molecule has 7 heteroatoms. The van der Waals surface area contributed by atoms with Crippen LogP contribution < -0.4 is 9.47 Å². The van der Waals surface area contributed by atoms with Crippen molar-refractivity contribution >= 4 is 33.7 Å². The fourth-order valence-corrected chi connectivity index (χ4v) is 4.78. The van der Waals surface area contributed by atoms with Crippen molar-refractivity contribution < 1.29 is 28.6 Å². The van der Waals surface area contributed by atoms with Gasteiger partial charge in [-0.2, -0.15) is 0 Å². The van der Waals surface area contributed by atoms with E-state index in [1.54, 1.807) is 24.3 Å². The Morgan fingerprint density at radius 3 is 2.54 bits per heavy atom. The number of hydrogen-bond acceptors (Lipinski definition) is 6. The van der Waals surface area contributed by atoms with Crippen LogP contribution in [0.4, 0.5) is 0 Å². The third-order valence-electron chi connectivity index (χ3n) is 4.98. The maximum Gasteiger partial charge on any atom is 0.319 e. The van der Waals surface area contributed by atoms with Gasteiger partial charge >= 0.3 is 11.9 Å². The van der Waals surface area contributed by atoms with Crippen molar-refractivity contribution in [1.82, 2.24) is 0 Å². The summed E-state index contributed by atoms with van der Waals surface area (Å²) >= 11 is 3.41. The summed E-state index contributed by atoms with van der Waals surface area (Å²) in [5.41, 5.74) is 0.966. The SMILES string of the molecule is COc1ccc2c(c1OC)C1C=CC(Br)(C2=O)C2C(=O)OC(=O)C12. The lowest BCUT2D eigenvalue weighted by Gasteiger charge is -2.32. The van der Waals surface area contributed by atoms with Crippen LogP contribution in [-0.2, 0) is 14.3 Å². The zero-order valence-corrected chi connectivity index (χ0v) is 14.5. The molecule has 1 fully saturated rings. The second kappa shape index (κ2) is 4.92. The Kier molecular flexibility index (Phi) is 3.16. The number of hydrogen-bond donors (Lipinski definition) is 0. The van der Waals surface area contributed by atoms with Crippen LogP contribution in [0.1, 0.15) is 21.8 Å². The van der Waals surface area contributed by atoms with Gasteiger partial charge in [-0.3, -0.25) is 14.4 Å². The van der Waals surface area contributed by atoms with Crippen LogP contribution in [0, 0.1) is 11.8 Å². The molecular weight excluding hydrogens is 380 g/mol. The van der Waals surface area contributed by atoms with E-state index in [1.807, 2.05) is 0 Å². The molecule has 1 heterocycles. The Morgan fingerprint density at radius 2 is 1.88 bits per heavy atom. The number of ketones is 1. The molecule has 1 aromatic rings. The summed E-state index contributed by atoms with van der Waals surface area (Å²) < 4.78 is 14.3. The van der Waals surface area contributed by atoms with E-state index in [1.165, 1.54) is 14.2 Å². The van der Waals surface area contributed by atoms with Gasteiger partial charge in [-0.15, -0.1) is 0 Å². The fraction of sp³-hybridized carbons (Fsp3) is 0.353. The summed E-state index contributed by atoms with van der Waals surface area (Å²) in [6, 6.07) is 3.29. The Hall–Kier alpha value is -2.15. The quantitative estimate of drug-likeness (QED) is 0.331. The van der Waals surface area contributed by atoms with Crippen LogP contribution in [-0.4, -0.2) is 36.3 Å². The monoisotopic (exact) mass is 392 g/mol.